The van der Waals surface area contributed by atoms with E-state index in [4.69, 9.17) is 5.73 Å². The molecule has 1 heterocycles. The standard InChI is InChI=1S/C18H14FN3O2S/c19-14-9-5-4-6-12(14)10-15-17(24)22(13-7-2-1-3-8-13)18(21-15)25-11-16(20)23/h1-10H,11H2,(H2,20,23)/b15-10-. The number of hydrogen-bond acceptors (Lipinski definition) is 4. The second-order valence-corrected chi connectivity index (χ2v) is 6.12. The van der Waals surface area contributed by atoms with Crippen molar-refractivity contribution in [1.29, 1.82) is 0 Å². The highest BCUT2D eigenvalue weighted by atomic mass is 32.2. The number of anilines is 1. The number of nitrogens with two attached hydrogens (primary N) is 1. The molecule has 7 heteroatoms. The first-order chi connectivity index (χ1) is 12.1. The molecule has 2 aromatic rings. The van der Waals surface area contributed by atoms with E-state index in [1.807, 2.05) is 6.07 Å². The fourth-order valence-corrected chi connectivity index (χ4v) is 3.02. The predicted molar refractivity (Wildman–Crippen MR) is 97.4 cm³/mol. The number of primary amides is 1. The summed E-state index contributed by atoms with van der Waals surface area (Å²) in [6.07, 6.45) is 1.39. The molecule has 1 aliphatic heterocycles. The van der Waals surface area contributed by atoms with Gasteiger partial charge in [0.1, 0.15) is 11.5 Å². The Morgan fingerprint density at radius 1 is 1.16 bits per heavy atom. The zero-order valence-electron chi connectivity index (χ0n) is 13.1. The van der Waals surface area contributed by atoms with Gasteiger partial charge in [-0.15, -0.1) is 0 Å². The third kappa shape index (κ3) is 3.77. The van der Waals surface area contributed by atoms with E-state index in [2.05, 4.69) is 4.99 Å². The van der Waals surface area contributed by atoms with Crippen LogP contribution in [0.25, 0.3) is 6.08 Å². The number of rotatable bonds is 4. The van der Waals surface area contributed by atoms with E-state index in [-0.39, 0.29) is 22.9 Å². The highest BCUT2D eigenvalue weighted by Gasteiger charge is 2.32. The van der Waals surface area contributed by atoms with Crippen LogP contribution in [0.4, 0.5) is 10.1 Å². The lowest BCUT2D eigenvalue weighted by Crippen LogP contribution is -2.31. The molecule has 0 spiro atoms. The number of nitrogens with zero attached hydrogens (tertiary/aromatic N) is 2. The molecule has 2 aromatic carbocycles. The lowest BCUT2D eigenvalue weighted by atomic mass is 10.1. The molecule has 3 rings (SSSR count). The van der Waals surface area contributed by atoms with Crippen LogP contribution in [-0.2, 0) is 9.59 Å². The Morgan fingerprint density at radius 3 is 2.52 bits per heavy atom. The van der Waals surface area contributed by atoms with Gasteiger partial charge in [0.25, 0.3) is 5.91 Å². The quantitative estimate of drug-likeness (QED) is 0.857. The van der Waals surface area contributed by atoms with Gasteiger partial charge in [0, 0.05) is 5.56 Å². The number of benzene rings is 2. The monoisotopic (exact) mass is 355 g/mol. The molecule has 0 unspecified atom stereocenters. The third-order valence-electron chi connectivity index (χ3n) is 3.38. The number of thioether (sulfide) groups is 1. The summed E-state index contributed by atoms with van der Waals surface area (Å²) in [7, 11) is 0. The molecule has 0 saturated heterocycles. The number of hydrogen-bond donors (Lipinski definition) is 1. The van der Waals surface area contributed by atoms with Crippen molar-refractivity contribution >= 4 is 40.5 Å². The number of amidine groups is 1. The molecule has 126 valence electrons. The first-order valence-electron chi connectivity index (χ1n) is 7.42. The van der Waals surface area contributed by atoms with Crippen LogP contribution in [0, 0.1) is 5.82 Å². The van der Waals surface area contributed by atoms with E-state index in [0.717, 1.165) is 11.8 Å². The molecule has 0 aromatic heterocycles. The van der Waals surface area contributed by atoms with Gasteiger partial charge in [0.05, 0.1) is 11.4 Å². The highest BCUT2D eigenvalue weighted by Crippen LogP contribution is 2.29. The first-order valence-corrected chi connectivity index (χ1v) is 8.40. The number of para-hydroxylation sites is 1. The average molecular weight is 355 g/mol. The minimum Gasteiger partial charge on any atom is -0.369 e. The molecule has 0 bridgehead atoms. The van der Waals surface area contributed by atoms with Gasteiger partial charge in [0.2, 0.25) is 5.91 Å². The van der Waals surface area contributed by atoms with Gasteiger partial charge >= 0.3 is 0 Å². The Labute approximate surface area is 148 Å². The van der Waals surface area contributed by atoms with Crippen molar-refractivity contribution in [3.8, 4) is 0 Å². The molecule has 0 aliphatic carbocycles. The summed E-state index contributed by atoms with van der Waals surface area (Å²) in [6.45, 7) is 0. The molecular weight excluding hydrogens is 341 g/mol. The van der Waals surface area contributed by atoms with E-state index >= 15 is 0 Å². The Kier molecular flexibility index (Phi) is 4.95. The van der Waals surface area contributed by atoms with Crippen LogP contribution in [0.1, 0.15) is 5.56 Å². The van der Waals surface area contributed by atoms with E-state index in [1.54, 1.807) is 42.5 Å². The van der Waals surface area contributed by atoms with Crippen LogP contribution in [0.3, 0.4) is 0 Å². The summed E-state index contributed by atoms with van der Waals surface area (Å²) < 4.78 is 13.9. The molecule has 2 N–H and O–H groups in total. The Morgan fingerprint density at radius 2 is 1.84 bits per heavy atom. The van der Waals surface area contributed by atoms with Gasteiger partial charge in [-0.2, -0.15) is 0 Å². The van der Waals surface area contributed by atoms with Gasteiger partial charge in [-0.05, 0) is 24.3 Å². The Hall–Kier alpha value is -2.93. The minimum atomic E-state index is -0.514. The summed E-state index contributed by atoms with van der Waals surface area (Å²) in [6, 6.07) is 15.0. The SMILES string of the molecule is NC(=O)CSC1=N/C(=C\c2ccccc2F)C(=O)N1c1ccccc1. The molecule has 0 saturated carbocycles. The molecule has 0 radical (unpaired) electrons. The van der Waals surface area contributed by atoms with Crippen molar-refractivity contribution in [2.75, 3.05) is 10.7 Å². The van der Waals surface area contributed by atoms with Crippen LogP contribution < -0.4 is 10.6 Å². The number of halogens is 1. The molecule has 5 nitrogen and oxygen atoms in total. The second-order valence-electron chi connectivity index (χ2n) is 5.18. The molecular formula is C18H14FN3O2S. The summed E-state index contributed by atoms with van der Waals surface area (Å²) in [5.41, 5.74) is 6.16. The first kappa shape index (κ1) is 16.9. The third-order valence-corrected chi connectivity index (χ3v) is 4.35. The predicted octanol–water partition coefficient (Wildman–Crippen LogP) is 2.79. The molecule has 1 aliphatic rings. The normalized spacial score (nSPS) is 15.6. The van der Waals surface area contributed by atoms with Gasteiger partial charge in [-0.1, -0.05) is 48.2 Å². The lowest BCUT2D eigenvalue weighted by molar-refractivity contribution is -0.115. The van der Waals surface area contributed by atoms with E-state index in [9.17, 15) is 14.0 Å². The molecule has 0 fully saturated rings. The Bertz CT molecular complexity index is 881. The van der Waals surface area contributed by atoms with Crippen molar-refractivity contribution in [3.63, 3.8) is 0 Å². The van der Waals surface area contributed by atoms with Crippen molar-refractivity contribution in [1.82, 2.24) is 0 Å². The maximum Gasteiger partial charge on any atom is 0.283 e. The topological polar surface area (TPSA) is 75.8 Å². The lowest BCUT2D eigenvalue weighted by Gasteiger charge is -2.17. The highest BCUT2D eigenvalue weighted by molar-refractivity contribution is 8.14. The number of aliphatic imine (C=N–C) groups is 1. The van der Waals surface area contributed by atoms with Crippen molar-refractivity contribution in [3.05, 3.63) is 71.7 Å². The van der Waals surface area contributed by atoms with Gasteiger partial charge in [0.15, 0.2) is 5.17 Å². The Balaban J connectivity index is 1.99. The van der Waals surface area contributed by atoms with Crippen molar-refractivity contribution < 1.29 is 14.0 Å². The van der Waals surface area contributed by atoms with Gasteiger partial charge in [-0.25, -0.2) is 9.38 Å². The maximum absolute atomic E-state index is 13.9. The summed E-state index contributed by atoms with van der Waals surface area (Å²) in [5.74, 6) is -1.36. The van der Waals surface area contributed by atoms with E-state index in [1.165, 1.54) is 17.0 Å². The van der Waals surface area contributed by atoms with Gasteiger partial charge in [-0.3, -0.25) is 14.5 Å². The van der Waals surface area contributed by atoms with Crippen LogP contribution in [-0.4, -0.2) is 22.7 Å². The number of carbonyl (C=O) groups excluding carboxylic acids is 2. The fourth-order valence-electron chi connectivity index (χ4n) is 2.27. The summed E-state index contributed by atoms with van der Waals surface area (Å²) in [5, 5.41) is 0.331. The van der Waals surface area contributed by atoms with E-state index < -0.39 is 11.7 Å². The maximum atomic E-state index is 13.9. The van der Waals surface area contributed by atoms with Gasteiger partial charge < -0.3 is 5.73 Å². The average Bonchev–Trinajstić information content (AvgIpc) is 2.91. The van der Waals surface area contributed by atoms with Crippen LogP contribution in [0.2, 0.25) is 0 Å². The smallest absolute Gasteiger partial charge is 0.283 e. The number of amides is 2. The molecule has 0 atom stereocenters. The van der Waals surface area contributed by atoms with Crippen LogP contribution >= 0.6 is 11.8 Å². The summed E-state index contributed by atoms with van der Waals surface area (Å²) in [4.78, 5) is 29.5. The van der Waals surface area contributed by atoms with E-state index in [0.29, 0.717) is 10.9 Å². The minimum absolute atomic E-state index is 0.0115. The van der Waals surface area contributed by atoms with Crippen LogP contribution in [0.15, 0.2) is 65.3 Å². The zero-order chi connectivity index (χ0) is 17.8. The van der Waals surface area contributed by atoms with Crippen LogP contribution in [0.5, 0.6) is 0 Å². The zero-order valence-corrected chi connectivity index (χ0v) is 13.9. The second kappa shape index (κ2) is 7.31. The largest absolute Gasteiger partial charge is 0.369 e. The molecule has 2 amide bonds. The van der Waals surface area contributed by atoms with Crippen molar-refractivity contribution in [2.24, 2.45) is 10.7 Å². The fraction of sp³-hybridized carbons (Fsp3) is 0.0556. The van der Waals surface area contributed by atoms with Crippen molar-refractivity contribution in [2.45, 2.75) is 0 Å². The summed E-state index contributed by atoms with van der Waals surface area (Å²) >= 11 is 1.06. The number of carbonyl (C=O) groups is 2. The molecule has 25 heavy (non-hydrogen) atoms.